The monoisotopic (exact) mass is 288 g/mol. The molecule has 0 spiro atoms. The minimum Gasteiger partial charge on any atom is -0.327 e. The Kier molecular flexibility index (Phi) is 4.42. The molecule has 0 radical (unpaired) electrons. The molecule has 1 aliphatic carbocycles. The van der Waals surface area contributed by atoms with E-state index >= 15 is 0 Å². The molecule has 4 heteroatoms. The fourth-order valence-electron chi connectivity index (χ4n) is 2.24. The number of benzene rings is 2. The van der Waals surface area contributed by atoms with Gasteiger partial charge in [-0.05, 0) is 36.2 Å². The maximum Gasteiger partial charge on any atom is 0.255 e. The van der Waals surface area contributed by atoms with Gasteiger partial charge in [-0.3, -0.25) is 4.79 Å². The van der Waals surface area contributed by atoms with E-state index in [0.29, 0.717) is 11.5 Å². The van der Waals surface area contributed by atoms with Crippen LogP contribution in [0.1, 0.15) is 28.3 Å². The highest BCUT2D eigenvalue weighted by atomic mass is 35.5. The lowest BCUT2D eigenvalue weighted by molar-refractivity contribution is 0.102. The Morgan fingerprint density at radius 3 is 2.45 bits per heavy atom. The molecule has 1 aliphatic rings. The highest BCUT2D eigenvalue weighted by Gasteiger charge is 2.34. The molecule has 3 N–H and O–H groups in total. The highest BCUT2D eigenvalue weighted by Crippen LogP contribution is 2.39. The first-order valence-corrected chi connectivity index (χ1v) is 6.46. The SMILES string of the molecule is Cl.N[C@H]1C[C@H]1c1cccc(NC(=O)c2ccccc2)c1. The maximum atomic E-state index is 12.0. The quantitative estimate of drug-likeness (QED) is 0.911. The number of carbonyl (C=O) groups is 1. The van der Waals surface area contributed by atoms with Gasteiger partial charge in [-0.15, -0.1) is 12.4 Å². The normalized spacial score (nSPS) is 19.9. The van der Waals surface area contributed by atoms with Gasteiger partial charge in [0, 0.05) is 23.2 Å². The van der Waals surface area contributed by atoms with Crippen molar-refractivity contribution < 1.29 is 4.79 Å². The average molecular weight is 289 g/mol. The summed E-state index contributed by atoms with van der Waals surface area (Å²) in [6, 6.07) is 17.4. The summed E-state index contributed by atoms with van der Waals surface area (Å²) < 4.78 is 0. The maximum absolute atomic E-state index is 12.0. The van der Waals surface area contributed by atoms with Crippen LogP contribution >= 0.6 is 12.4 Å². The Morgan fingerprint density at radius 1 is 1.10 bits per heavy atom. The van der Waals surface area contributed by atoms with E-state index in [1.807, 2.05) is 36.4 Å². The smallest absolute Gasteiger partial charge is 0.255 e. The zero-order chi connectivity index (χ0) is 13.2. The largest absolute Gasteiger partial charge is 0.327 e. The van der Waals surface area contributed by atoms with E-state index in [2.05, 4.69) is 11.4 Å². The number of nitrogens with two attached hydrogens (primary N) is 1. The third kappa shape index (κ3) is 3.18. The van der Waals surface area contributed by atoms with Crippen LogP contribution in [0.3, 0.4) is 0 Å². The molecule has 1 amide bonds. The second-order valence-electron chi connectivity index (χ2n) is 4.95. The number of amides is 1. The number of anilines is 1. The molecular formula is C16H17ClN2O. The Morgan fingerprint density at radius 2 is 1.80 bits per heavy atom. The molecule has 0 aliphatic heterocycles. The van der Waals surface area contributed by atoms with Crippen molar-refractivity contribution in [2.24, 2.45) is 5.73 Å². The van der Waals surface area contributed by atoms with Crippen molar-refractivity contribution >= 4 is 24.0 Å². The number of hydrogen-bond acceptors (Lipinski definition) is 2. The third-order valence-electron chi connectivity index (χ3n) is 3.45. The van der Waals surface area contributed by atoms with E-state index in [1.165, 1.54) is 5.56 Å². The standard InChI is InChI=1S/C16H16N2O.ClH/c17-15-10-14(15)12-7-4-8-13(9-12)18-16(19)11-5-2-1-3-6-11;/h1-9,14-15H,10,17H2,(H,18,19);1H/t14-,15-;/m0./s1. The van der Waals surface area contributed by atoms with Crippen LogP contribution < -0.4 is 11.1 Å². The molecule has 2 aromatic carbocycles. The van der Waals surface area contributed by atoms with Crippen molar-refractivity contribution in [2.45, 2.75) is 18.4 Å². The number of nitrogens with one attached hydrogen (secondary N) is 1. The first-order valence-electron chi connectivity index (χ1n) is 6.46. The molecule has 0 unspecified atom stereocenters. The van der Waals surface area contributed by atoms with E-state index in [0.717, 1.165) is 12.1 Å². The molecule has 0 heterocycles. The second-order valence-corrected chi connectivity index (χ2v) is 4.95. The van der Waals surface area contributed by atoms with Crippen LogP contribution in [0.5, 0.6) is 0 Å². The summed E-state index contributed by atoms with van der Waals surface area (Å²) in [4.78, 5) is 12.0. The number of halogens is 1. The molecule has 1 saturated carbocycles. The first-order chi connectivity index (χ1) is 9.24. The van der Waals surface area contributed by atoms with Crippen LogP contribution in [-0.4, -0.2) is 11.9 Å². The molecule has 0 aromatic heterocycles. The summed E-state index contributed by atoms with van der Waals surface area (Å²) >= 11 is 0. The minimum atomic E-state index is -0.0853. The summed E-state index contributed by atoms with van der Waals surface area (Å²) in [6.07, 6.45) is 1.04. The number of rotatable bonds is 3. The van der Waals surface area contributed by atoms with Crippen molar-refractivity contribution in [3.8, 4) is 0 Å². The van der Waals surface area contributed by atoms with E-state index in [9.17, 15) is 4.79 Å². The van der Waals surface area contributed by atoms with Crippen molar-refractivity contribution in [2.75, 3.05) is 5.32 Å². The summed E-state index contributed by atoms with van der Waals surface area (Å²) in [7, 11) is 0. The minimum absolute atomic E-state index is 0. The molecule has 20 heavy (non-hydrogen) atoms. The van der Waals surface area contributed by atoms with Gasteiger partial charge in [0.15, 0.2) is 0 Å². The van der Waals surface area contributed by atoms with Gasteiger partial charge in [0.25, 0.3) is 5.91 Å². The number of hydrogen-bond donors (Lipinski definition) is 2. The lowest BCUT2D eigenvalue weighted by Gasteiger charge is -2.07. The molecule has 2 aromatic rings. The van der Waals surface area contributed by atoms with Gasteiger partial charge >= 0.3 is 0 Å². The van der Waals surface area contributed by atoms with Gasteiger partial charge in [0.2, 0.25) is 0 Å². The summed E-state index contributed by atoms with van der Waals surface area (Å²) in [5.74, 6) is 0.367. The van der Waals surface area contributed by atoms with Gasteiger partial charge in [-0.25, -0.2) is 0 Å². The molecule has 2 atom stereocenters. The first kappa shape index (κ1) is 14.6. The summed E-state index contributed by atoms with van der Waals surface area (Å²) in [5.41, 5.74) is 8.55. The average Bonchev–Trinajstić information content (AvgIpc) is 3.17. The van der Waals surface area contributed by atoms with E-state index in [-0.39, 0.29) is 24.4 Å². The summed E-state index contributed by atoms with van der Waals surface area (Å²) in [5, 5.41) is 2.92. The Balaban J connectivity index is 0.00000147. The molecule has 104 valence electrons. The number of carbonyl (C=O) groups excluding carboxylic acids is 1. The fourth-order valence-corrected chi connectivity index (χ4v) is 2.24. The van der Waals surface area contributed by atoms with Gasteiger partial charge < -0.3 is 11.1 Å². The van der Waals surface area contributed by atoms with Crippen LogP contribution in [0.2, 0.25) is 0 Å². The van der Waals surface area contributed by atoms with Crippen LogP contribution in [0.25, 0.3) is 0 Å². The van der Waals surface area contributed by atoms with Crippen molar-refractivity contribution in [3.63, 3.8) is 0 Å². The zero-order valence-corrected chi connectivity index (χ0v) is 11.8. The lowest BCUT2D eigenvalue weighted by Crippen LogP contribution is -2.11. The molecule has 0 saturated heterocycles. The molecule has 1 fully saturated rings. The second kappa shape index (κ2) is 6.07. The van der Waals surface area contributed by atoms with Crippen molar-refractivity contribution in [1.29, 1.82) is 0 Å². The van der Waals surface area contributed by atoms with Crippen LogP contribution in [0, 0.1) is 0 Å². The van der Waals surface area contributed by atoms with Gasteiger partial charge in [-0.1, -0.05) is 30.3 Å². The topological polar surface area (TPSA) is 55.1 Å². The van der Waals surface area contributed by atoms with Crippen LogP contribution in [-0.2, 0) is 0 Å². The van der Waals surface area contributed by atoms with E-state index in [1.54, 1.807) is 12.1 Å². The Bertz CT molecular complexity index is 600. The van der Waals surface area contributed by atoms with Crippen LogP contribution in [0.4, 0.5) is 5.69 Å². The van der Waals surface area contributed by atoms with Crippen LogP contribution in [0.15, 0.2) is 54.6 Å². The lowest BCUT2D eigenvalue weighted by atomic mass is 10.1. The predicted octanol–water partition coefficient (Wildman–Crippen LogP) is 3.18. The highest BCUT2D eigenvalue weighted by molar-refractivity contribution is 6.04. The van der Waals surface area contributed by atoms with Gasteiger partial charge in [0.05, 0.1) is 0 Å². The predicted molar refractivity (Wildman–Crippen MR) is 83.4 cm³/mol. The Labute approximate surface area is 124 Å². The Hall–Kier alpha value is -1.84. The van der Waals surface area contributed by atoms with Gasteiger partial charge in [-0.2, -0.15) is 0 Å². The van der Waals surface area contributed by atoms with E-state index < -0.39 is 0 Å². The molecular weight excluding hydrogens is 272 g/mol. The van der Waals surface area contributed by atoms with Crippen molar-refractivity contribution in [3.05, 3.63) is 65.7 Å². The van der Waals surface area contributed by atoms with Gasteiger partial charge in [0.1, 0.15) is 0 Å². The zero-order valence-electron chi connectivity index (χ0n) is 11.0. The molecule has 3 rings (SSSR count). The molecule has 0 bridgehead atoms. The fraction of sp³-hybridized carbons (Fsp3) is 0.188. The van der Waals surface area contributed by atoms with Crippen molar-refractivity contribution in [1.82, 2.24) is 0 Å². The summed E-state index contributed by atoms with van der Waals surface area (Å²) in [6.45, 7) is 0. The molecule has 3 nitrogen and oxygen atoms in total. The third-order valence-corrected chi connectivity index (χ3v) is 3.45. The van der Waals surface area contributed by atoms with E-state index in [4.69, 9.17) is 5.73 Å².